The molecule has 2 fully saturated rings. The number of rotatable bonds is 7. The van der Waals surface area contributed by atoms with Gasteiger partial charge in [0, 0.05) is 82.4 Å². The van der Waals surface area contributed by atoms with Crippen LogP contribution in [0, 0.1) is 0 Å². The van der Waals surface area contributed by atoms with Gasteiger partial charge in [0.05, 0.1) is 7.11 Å². The monoisotopic (exact) mass is 580 g/mol. The van der Waals surface area contributed by atoms with Crippen molar-refractivity contribution in [1.29, 1.82) is 0 Å². The predicted octanol–water partition coefficient (Wildman–Crippen LogP) is 4.06. The number of piperazine rings is 2. The van der Waals surface area contributed by atoms with Gasteiger partial charge in [-0.05, 0) is 42.0 Å². The van der Waals surface area contributed by atoms with Crippen molar-refractivity contribution in [3.8, 4) is 5.75 Å². The van der Waals surface area contributed by atoms with Crippen molar-refractivity contribution in [3.05, 3.63) is 70.9 Å². The lowest BCUT2D eigenvalue weighted by Crippen LogP contribution is -2.50. The number of hydrogen-bond acceptors (Lipinski definition) is 8. The van der Waals surface area contributed by atoms with E-state index in [4.69, 9.17) is 21.3 Å². The lowest BCUT2D eigenvalue weighted by molar-refractivity contribution is -0.130. The van der Waals surface area contributed by atoms with E-state index in [0.717, 1.165) is 43.3 Å². The number of nitrogens with zero attached hydrogens (tertiary/aromatic N) is 6. The number of ether oxygens (including phenoxy) is 1. The lowest BCUT2D eigenvalue weighted by atomic mass is 10.1. The summed E-state index contributed by atoms with van der Waals surface area (Å²) in [5.41, 5.74) is 2.84. The predicted molar refractivity (Wildman–Crippen MR) is 159 cm³/mol. The molecule has 0 aliphatic carbocycles. The lowest BCUT2D eigenvalue weighted by Gasteiger charge is -2.36. The fourth-order valence-corrected chi connectivity index (χ4v) is 5.97. The maximum absolute atomic E-state index is 13.1. The SMILES string of the molecule is COc1ccc(N2CCN(c3cc(Cl)nc(SCc4cccc(C(=O)N5CCN(C(C)=O)CC5)c4)n3)CC2)cc1. The molecule has 1 aromatic heterocycles. The van der Waals surface area contributed by atoms with Crippen LogP contribution in [0.5, 0.6) is 5.75 Å². The van der Waals surface area contributed by atoms with E-state index < -0.39 is 0 Å². The summed E-state index contributed by atoms with van der Waals surface area (Å²) in [5.74, 6) is 2.33. The molecule has 2 saturated heterocycles. The number of amides is 2. The maximum Gasteiger partial charge on any atom is 0.253 e. The Morgan fingerprint density at radius 2 is 1.55 bits per heavy atom. The van der Waals surface area contributed by atoms with Gasteiger partial charge in [-0.2, -0.15) is 0 Å². The second-order valence-corrected chi connectivity index (χ2v) is 11.1. The molecule has 3 heterocycles. The highest BCUT2D eigenvalue weighted by Crippen LogP contribution is 2.27. The van der Waals surface area contributed by atoms with E-state index in [1.54, 1.807) is 18.9 Å². The second-order valence-electron chi connectivity index (χ2n) is 9.79. The Morgan fingerprint density at radius 1 is 0.875 bits per heavy atom. The zero-order chi connectivity index (χ0) is 28.1. The molecule has 3 aromatic rings. The minimum absolute atomic E-state index is 0.00914. The molecule has 2 amide bonds. The summed E-state index contributed by atoms with van der Waals surface area (Å²) in [6, 6.07) is 17.6. The summed E-state index contributed by atoms with van der Waals surface area (Å²) in [6.45, 7) is 7.21. The smallest absolute Gasteiger partial charge is 0.253 e. The van der Waals surface area contributed by atoms with E-state index >= 15 is 0 Å². The Bertz CT molecular complexity index is 1340. The third-order valence-electron chi connectivity index (χ3n) is 7.26. The van der Waals surface area contributed by atoms with Crippen LogP contribution in [0.2, 0.25) is 5.15 Å². The number of carbonyl (C=O) groups excluding carboxylic acids is 2. The molecule has 0 spiro atoms. The van der Waals surface area contributed by atoms with E-state index in [2.05, 4.69) is 26.9 Å². The maximum atomic E-state index is 13.1. The van der Waals surface area contributed by atoms with Crippen LogP contribution in [0.15, 0.2) is 59.8 Å². The average Bonchev–Trinajstić information content (AvgIpc) is 3.00. The molecule has 11 heteroatoms. The number of hydrogen-bond donors (Lipinski definition) is 0. The number of anilines is 2. The van der Waals surface area contributed by atoms with Crippen molar-refractivity contribution in [2.45, 2.75) is 17.8 Å². The molecule has 210 valence electrons. The summed E-state index contributed by atoms with van der Waals surface area (Å²) in [5, 5.41) is 1.02. The van der Waals surface area contributed by atoms with Gasteiger partial charge in [-0.25, -0.2) is 9.97 Å². The molecule has 0 radical (unpaired) electrons. The number of carbonyl (C=O) groups is 2. The highest BCUT2D eigenvalue weighted by molar-refractivity contribution is 7.98. The Hall–Kier alpha value is -3.50. The largest absolute Gasteiger partial charge is 0.497 e. The zero-order valence-electron chi connectivity index (χ0n) is 22.8. The molecule has 9 nitrogen and oxygen atoms in total. The molecule has 0 bridgehead atoms. The van der Waals surface area contributed by atoms with Crippen LogP contribution in [-0.4, -0.2) is 91.0 Å². The van der Waals surface area contributed by atoms with Crippen molar-refractivity contribution in [1.82, 2.24) is 19.8 Å². The van der Waals surface area contributed by atoms with Gasteiger partial charge in [0.25, 0.3) is 5.91 Å². The van der Waals surface area contributed by atoms with Crippen molar-refractivity contribution >= 4 is 46.7 Å². The molecular formula is C29H33ClN6O3S. The first kappa shape index (κ1) is 28.0. The van der Waals surface area contributed by atoms with Crippen LogP contribution in [0.1, 0.15) is 22.8 Å². The Morgan fingerprint density at radius 3 is 2.23 bits per heavy atom. The minimum Gasteiger partial charge on any atom is -0.497 e. The van der Waals surface area contributed by atoms with Gasteiger partial charge in [0.15, 0.2) is 5.16 Å². The van der Waals surface area contributed by atoms with Crippen LogP contribution in [-0.2, 0) is 10.5 Å². The normalized spacial score (nSPS) is 15.8. The first-order valence-corrected chi connectivity index (χ1v) is 14.7. The first-order valence-electron chi connectivity index (χ1n) is 13.3. The molecule has 2 aromatic carbocycles. The van der Waals surface area contributed by atoms with Crippen molar-refractivity contribution in [2.75, 3.05) is 69.3 Å². The molecule has 2 aliphatic heterocycles. The summed E-state index contributed by atoms with van der Waals surface area (Å²) in [7, 11) is 1.67. The van der Waals surface area contributed by atoms with Crippen molar-refractivity contribution in [3.63, 3.8) is 0 Å². The van der Waals surface area contributed by atoms with Crippen LogP contribution in [0.25, 0.3) is 0 Å². The molecular weight excluding hydrogens is 548 g/mol. The van der Waals surface area contributed by atoms with Crippen LogP contribution < -0.4 is 14.5 Å². The number of thioether (sulfide) groups is 1. The fourth-order valence-electron chi connectivity index (χ4n) is 4.95. The minimum atomic E-state index is -0.00914. The fraction of sp³-hybridized carbons (Fsp3) is 0.379. The number of halogens is 1. The number of benzene rings is 2. The number of methoxy groups -OCH3 is 1. The highest BCUT2D eigenvalue weighted by atomic mass is 35.5. The summed E-state index contributed by atoms with van der Waals surface area (Å²) >= 11 is 7.90. The van der Waals surface area contributed by atoms with Gasteiger partial charge in [0.2, 0.25) is 5.91 Å². The molecule has 0 N–H and O–H groups in total. The molecule has 40 heavy (non-hydrogen) atoms. The Labute approximate surface area is 244 Å². The number of aromatic nitrogens is 2. The molecule has 0 unspecified atom stereocenters. The van der Waals surface area contributed by atoms with Crippen LogP contribution in [0.3, 0.4) is 0 Å². The van der Waals surface area contributed by atoms with Gasteiger partial charge >= 0.3 is 0 Å². The van der Waals surface area contributed by atoms with Crippen molar-refractivity contribution in [2.24, 2.45) is 0 Å². The van der Waals surface area contributed by atoms with E-state index in [1.807, 2.05) is 47.4 Å². The van der Waals surface area contributed by atoms with Gasteiger partial charge in [0.1, 0.15) is 16.7 Å². The van der Waals surface area contributed by atoms with E-state index in [0.29, 0.717) is 47.8 Å². The molecule has 5 rings (SSSR count). The van der Waals surface area contributed by atoms with Gasteiger partial charge in [-0.3, -0.25) is 9.59 Å². The Balaban J connectivity index is 1.18. The van der Waals surface area contributed by atoms with E-state index in [-0.39, 0.29) is 11.8 Å². The molecule has 0 saturated carbocycles. The summed E-state index contributed by atoms with van der Waals surface area (Å²) in [6.07, 6.45) is 0. The molecule has 2 aliphatic rings. The van der Waals surface area contributed by atoms with Crippen LogP contribution >= 0.6 is 23.4 Å². The third-order valence-corrected chi connectivity index (χ3v) is 8.37. The standard InChI is InChI=1S/C29H33ClN6O3S/c1-21(37)33-10-16-36(17-11-33)28(38)23-5-3-4-22(18-23)20-40-29-31-26(30)19-27(32-29)35-14-12-34(13-15-35)24-6-8-25(39-2)9-7-24/h3-9,18-19H,10-17,20H2,1-2H3. The third kappa shape index (κ3) is 6.79. The van der Waals surface area contributed by atoms with Crippen molar-refractivity contribution < 1.29 is 14.3 Å². The second kappa shape index (κ2) is 12.8. The quantitative estimate of drug-likeness (QED) is 0.235. The van der Waals surface area contributed by atoms with Gasteiger partial charge in [-0.1, -0.05) is 35.5 Å². The topological polar surface area (TPSA) is 82.1 Å². The first-order chi connectivity index (χ1) is 19.4. The summed E-state index contributed by atoms with van der Waals surface area (Å²) in [4.78, 5) is 42.1. The average molecular weight is 581 g/mol. The van der Waals surface area contributed by atoms with Crippen LogP contribution in [0.4, 0.5) is 11.5 Å². The molecule has 0 atom stereocenters. The van der Waals surface area contributed by atoms with E-state index in [1.165, 1.54) is 17.4 Å². The highest BCUT2D eigenvalue weighted by Gasteiger charge is 2.24. The van der Waals surface area contributed by atoms with Gasteiger partial charge in [-0.15, -0.1) is 0 Å². The van der Waals surface area contributed by atoms with E-state index in [9.17, 15) is 9.59 Å². The zero-order valence-corrected chi connectivity index (χ0v) is 24.3. The Kier molecular flexibility index (Phi) is 8.96. The van der Waals surface area contributed by atoms with Gasteiger partial charge < -0.3 is 24.3 Å². The summed E-state index contributed by atoms with van der Waals surface area (Å²) < 4.78 is 5.27.